The van der Waals surface area contributed by atoms with E-state index in [2.05, 4.69) is 16.7 Å². The van der Waals surface area contributed by atoms with Gasteiger partial charge in [-0.2, -0.15) is 0 Å². The maximum Gasteiger partial charge on any atom is 0.251 e. The number of piperidine rings is 1. The Balaban J connectivity index is 1.50. The smallest absolute Gasteiger partial charge is 0.251 e. The van der Waals surface area contributed by atoms with Crippen molar-refractivity contribution in [1.82, 2.24) is 9.80 Å². The van der Waals surface area contributed by atoms with Crippen molar-refractivity contribution < 1.29 is 14.3 Å². The van der Waals surface area contributed by atoms with Gasteiger partial charge in [0.05, 0.1) is 12.7 Å². The topological polar surface area (TPSA) is 42.0 Å². The highest BCUT2D eigenvalue weighted by Crippen LogP contribution is 2.32. The number of carbonyl (C=O) groups is 1. The van der Waals surface area contributed by atoms with Gasteiger partial charge in [-0.1, -0.05) is 6.92 Å². The molecule has 5 heteroatoms. The van der Waals surface area contributed by atoms with Crippen LogP contribution < -0.4 is 0 Å². The van der Waals surface area contributed by atoms with E-state index < -0.39 is 0 Å². The highest BCUT2D eigenvalue weighted by atomic mass is 16.5. The third kappa shape index (κ3) is 4.70. The first-order chi connectivity index (χ1) is 11.7. The van der Waals surface area contributed by atoms with Crippen LogP contribution in [0.15, 0.2) is 0 Å². The van der Waals surface area contributed by atoms with E-state index in [1.165, 1.54) is 6.42 Å². The van der Waals surface area contributed by atoms with Crippen LogP contribution in [0.4, 0.5) is 0 Å². The van der Waals surface area contributed by atoms with Crippen molar-refractivity contribution in [2.24, 2.45) is 0 Å². The van der Waals surface area contributed by atoms with Crippen molar-refractivity contribution in [3.05, 3.63) is 0 Å². The summed E-state index contributed by atoms with van der Waals surface area (Å²) >= 11 is 0. The minimum Gasteiger partial charge on any atom is -0.376 e. The fourth-order valence-electron chi connectivity index (χ4n) is 4.00. The highest BCUT2D eigenvalue weighted by molar-refractivity contribution is 5.81. The summed E-state index contributed by atoms with van der Waals surface area (Å²) in [6.45, 7) is 8.87. The second-order valence-corrected chi connectivity index (χ2v) is 7.61. The lowest BCUT2D eigenvalue weighted by atomic mass is 10.0. The summed E-state index contributed by atoms with van der Waals surface area (Å²) in [5.74, 6) is 0.197. The molecule has 2 atom stereocenters. The van der Waals surface area contributed by atoms with Crippen LogP contribution in [0, 0.1) is 0 Å². The minimum absolute atomic E-state index is 0.177. The first-order valence-corrected chi connectivity index (χ1v) is 9.96. The molecule has 0 N–H and O–H groups in total. The average Bonchev–Trinajstić information content (AvgIpc) is 3.46. The molecule has 2 aliphatic heterocycles. The first-order valence-electron chi connectivity index (χ1n) is 9.96. The van der Waals surface area contributed by atoms with E-state index in [-0.39, 0.29) is 18.1 Å². The van der Waals surface area contributed by atoms with Gasteiger partial charge in [0, 0.05) is 31.8 Å². The van der Waals surface area contributed by atoms with Gasteiger partial charge in [-0.15, -0.1) is 0 Å². The van der Waals surface area contributed by atoms with Gasteiger partial charge in [0.1, 0.15) is 6.10 Å². The Morgan fingerprint density at radius 1 is 1.17 bits per heavy atom. The van der Waals surface area contributed by atoms with Crippen molar-refractivity contribution in [3.63, 3.8) is 0 Å². The molecule has 24 heavy (non-hydrogen) atoms. The van der Waals surface area contributed by atoms with Crippen molar-refractivity contribution >= 4 is 5.91 Å². The van der Waals surface area contributed by atoms with E-state index in [9.17, 15) is 4.79 Å². The lowest BCUT2D eigenvalue weighted by Crippen LogP contribution is -2.51. The Hall–Kier alpha value is -0.650. The molecule has 0 spiro atoms. The van der Waals surface area contributed by atoms with Crippen molar-refractivity contribution in [3.8, 4) is 0 Å². The average molecular weight is 338 g/mol. The van der Waals surface area contributed by atoms with Crippen LogP contribution in [0.5, 0.6) is 0 Å². The number of carbonyl (C=O) groups excluding carboxylic acids is 1. The highest BCUT2D eigenvalue weighted by Gasteiger charge is 2.40. The van der Waals surface area contributed by atoms with Gasteiger partial charge in [-0.25, -0.2) is 0 Å². The van der Waals surface area contributed by atoms with Crippen LogP contribution in [-0.4, -0.2) is 72.8 Å². The monoisotopic (exact) mass is 338 g/mol. The van der Waals surface area contributed by atoms with Crippen LogP contribution in [-0.2, 0) is 14.3 Å². The van der Waals surface area contributed by atoms with E-state index >= 15 is 0 Å². The molecule has 3 aliphatic rings. The number of amides is 1. The Morgan fingerprint density at radius 2 is 1.88 bits per heavy atom. The summed E-state index contributed by atoms with van der Waals surface area (Å²) in [5.41, 5.74) is 0. The normalized spacial score (nSPS) is 27.8. The molecule has 0 bridgehead atoms. The van der Waals surface area contributed by atoms with Gasteiger partial charge < -0.3 is 19.3 Å². The molecule has 138 valence electrons. The predicted molar refractivity (Wildman–Crippen MR) is 94.0 cm³/mol. The summed E-state index contributed by atoms with van der Waals surface area (Å²) < 4.78 is 11.6. The summed E-state index contributed by atoms with van der Waals surface area (Å²) in [6, 6.07) is 0.873. The zero-order chi connectivity index (χ0) is 16.9. The lowest BCUT2D eigenvalue weighted by Gasteiger charge is -2.39. The van der Waals surface area contributed by atoms with E-state index in [4.69, 9.17) is 9.47 Å². The molecule has 1 aliphatic carbocycles. The summed E-state index contributed by atoms with van der Waals surface area (Å²) in [5, 5.41) is 0. The van der Waals surface area contributed by atoms with Gasteiger partial charge in [0.2, 0.25) is 0 Å². The van der Waals surface area contributed by atoms with Gasteiger partial charge in [0.15, 0.2) is 0 Å². The quantitative estimate of drug-likeness (QED) is 0.715. The van der Waals surface area contributed by atoms with E-state index in [1.54, 1.807) is 0 Å². The van der Waals surface area contributed by atoms with Gasteiger partial charge in [-0.3, -0.25) is 4.79 Å². The third-order valence-electron chi connectivity index (χ3n) is 5.75. The maximum atomic E-state index is 13.0. The SMILES string of the molecule is CCN1CCC(N(C(=O)C(C)OCC2CCCCO2)C2CC2)CC1. The van der Waals surface area contributed by atoms with Crippen LogP contribution >= 0.6 is 0 Å². The molecule has 2 saturated heterocycles. The molecule has 0 radical (unpaired) electrons. The maximum absolute atomic E-state index is 13.0. The van der Waals surface area contributed by atoms with Crippen LogP contribution in [0.2, 0.25) is 0 Å². The van der Waals surface area contributed by atoms with Gasteiger partial charge in [0.25, 0.3) is 5.91 Å². The van der Waals surface area contributed by atoms with E-state index in [1.807, 2.05) is 6.92 Å². The zero-order valence-electron chi connectivity index (χ0n) is 15.4. The molecular formula is C19H34N2O3. The molecule has 2 unspecified atom stereocenters. The molecule has 1 saturated carbocycles. The molecule has 0 aromatic carbocycles. The third-order valence-corrected chi connectivity index (χ3v) is 5.75. The molecule has 0 aromatic heterocycles. The van der Waals surface area contributed by atoms with Gasteiger partial charge >= 0.3 is 0 Å². The Morgan fingerprint density at radius 3 is 2.46 bits per heavy atom. The number of likely N-dealkylation sites (tertiary alicyclic amines) is 1. The fraction of sp³-hybridized carbons (Fsp3) is 0.947. The van der Waals surface area contributed by atoms with E-state index in [0.717, 1.165) is 64.8 Å². The number of hydrogen-bond acceptors (Lipinski definition) is 4. The van der Waals surface area contributed by atoms with Crippen molar-refractivity contribution in [2.75, 3.05) is 32.8 Å². The lowest BCUT2D eigenvalue weighted by molar-refractivity contribution is -0.150. The van der Waals surface area contributed by atoms with Crippen molar-refractivity contribution in [1.29, 1.82) is 0 Å². The molecule has 3 fully saturated rings. The number of nitrogens with zero attached hydrogens (tertiary/aromatic N) is 2. The number of rotatable bonds is 7. The summed E-state index contributed by atoms with van der Waals surface area (Å²) in [4.78, 5) is 17.7. The molecule has 1 amide bonds. The molecular weight excluding hydrogens is 304 g/mol. The Labute approximate surface area is 146 Å². The largest absolute Gasteiger partial charge is 0.376 e. The van der Waals surface area contributed by atoms with Crippen LogP contribution in [0.3, 0.4) is 0 Å². The summed E-state index contributed by atoms with van der Waals surface area (Å²) in [7, 11) is 0. The molecule has 2 heterocycles. The van der Waals surface area contributed by atoms with Crippen LogP contribution in [0.25, 0.3) is 0 Å². The number of hydrogen-bond donors (Lipinski definition) is 0. The summed E-state index contributed by atoms with van der Waals surface area (Å²) in [6.07, 6.45) is 7.79. The Bertz CT molecular complexity index is 399. The zero-order valence-corrected chi connectivity index (χ0v) is 15.4. The molecule has 0 aromatic rings. The second kappa shape index (κ2) is 8.63. The molecule has 5 nitrogen and oxygen atoms in total. The fourth-order valence-corrected chi connectivity index (χ4v) is 4.00. The number of ether oxygens (including phenoxy) is 2. The molecule has 3 rings (SSSR count). The minimum atomic E-state index is -0.347. The predicted octanol–water partition coefficient (Wildman–Crippen LogP) is 2.44. The van der Waals surface area contributed by atoms with Crippen molar-refractivity contribution in [2.45, 2.75) is 83.1 Å². The van der Waals surface area contributed by atoms with Crippen LogP contribution in [0.1, 0.15) is 58.8 Å². The van der Waals surface area contributed by atoms with Gasteiger partial charge in [-0.05, 0) is 58.4 Å². The Kier molecular flexibility index (Phi) is 6.53. The standard InChI is InChI=1S/C19H34N2O3/c1-3-20-11-9-17(10-12-20)21(16-7-8-16)19(22)15(2)24-14-18-6-4-5-13-23-18/h15-18H,3-14H2,1-2H3. The first kappa shape index (κ1) is 18.2. The second-order valence-electron chi connectivity index (χ2n) is 7.61. The van der Waals surface area contributed by atoms with E-state index in [0.29, 0.717) is 18.7 Å².